The van der Waals surface area contributed by atoms with Crippen molar-refractivity contribution in [1.82, 2.24) is 9.13 Å². The van der Waals surface area contributed by atoms with Gasteiger partial charge in [0, 0.05) is 52.3 Å². The molecule has 0 saturated heterocycles. The normalized spacial score (nSPS) is 12.4. The number of aryl methyl sites for hydroxylation is 1. The molecular formula is C51H35BN4O. The van der Waals surface area contributed by atoms with E-state index in [0.717, 1.165) is 51.3 Å². The van der Waals surface area contributed by atoms with E-state index in [1.165, 1.54) is 49.2 Å². The van der Waals surface area contributed by atoms with Gasteiger partial charge in [-0.25, -0.2) is 0 Å². The van der Waals surface area contributed by atoms with E-state index in [1.807, 2.05) is 0 Å². The highest BCUT2D eigenvalue weighted by Crippen LogP contribution is 2.48. The smallest absolute Gasteiger partial charge is 0.256 e. The number of ether oxygens (including phenoxy) is 1. The Morgan fingerprint density at radius 2 is 1.02 bits per heavy atom. The summed E-state index contributed by atoms with van der Waals surface area (Å²) in [7, 11) is 2.22. The predicted octanol–water partition coefficient (Wildman–Crippen LogP) is 11.2. The lowest BCUT2D eigenvalue weighted by Gasteiger charge is -2.36. The summed E-state index contributed by atoms with van der Waals surface area (Å²) >= 11 is 0. The molecule has 12 rings (SSSR count). The number of benzene rings is 8. The van der Waals surface area contributed by atoms with Crippen LogP contribution in [0.5, 0.6) is 11.5 Å². The van der Waals surface area contributed by atoms with Crippen LogP contribution in [-0.2, 0) is 7.05 Å². The molecule has 2 aliphatic heterocycles. The molecule has 4 heterocycles. The Labute approximate surface area is 330 Å². The van der Waals surface area contributed by atoms with E-state index in [4.69, 9.17) is 4.74 Å². The summed E-state index contributed by atoms with van der Waals surface area (Å²) in [5.41, 5.74) is 16.1. The molecule has 0 unspecified atom stereocenters. The first kappa shape index (κ1) is 31.9. The predicted molar refractivity (Wildman–Crippen MR) is 238 cm³/mol. The standard InChI is InChI=1S/C51H35BN4O/c1-53-42-28-16-14-26-39(42)49-51(53)47-43(55(36-22-10-4-11-23-36)37-24-12-5-13-25-37)31-30-41-50(47)56(49)44-32-38(33-46-48(44)52(41)40-27-15-17-29-45(40)57-46)54(34-18-6-2-7-19-34)35-20-8-3-9-21-35/h2-33H,1H3. The molecule has 2 aromatic heterocycles. The zero-order valence-corrected chi connectivity index (χ0v) is 31.2. The summed E-state index contributed by atoms with van der Waals surface area (Å²) in [4.78, 5) is 4.76. The van der Waals surface area contributed by atoms with Crippen molar-refractivity contribution in [2.45, 2.75) is 0 Å². The fourth-order valence-corrected chi connectivity index (χ4v) is 9.61. The second-order valence-electron chi connectivity index (χ2n) is 15.0. The van der Waals surface area contributed by atoms with Gasteiger partial charge in [-0.15, -0.1) is 0 Å². The minimum absolute atomic E-state index is 0.0302. The van der Waals surface area contributed by atoms with E-state index < -0.39 is 0 Å². The van der Waals surface area contributed by atoms with Crippen molar-refractivity contribution in [3.8, 4) is 17.2 Å². The maximum absolute atomic E-state index is 7.00. The van der Waals surface area contributed by atoms with Gasteiger partial charge in [0.1, 0.15) is 11.5 Å². The molecule has 0 radical (unpaired) electrons. The zero-order valence-electron chi connectivity index (χ0n) is 31.2. The number of aromatic nitrogens is 2. The summed E-state index contributed by atoms with van der Waals surface area (Å²) in [5, 5.41) is 2.44. The van der Waals surface area contributed by atoms with E-state index in [1.54, 1.807) is 0 Å². The number of hydrogen-bond donors (Lipinski definition) is 0. The summed E-state index contributed by atoms with van der Waals surface area (Å²) in [6.45, 7) is -0.0302. The Morgan fingerprint density at radius 1 is 0.456 bits per heavy atom. The van der Waals surface area contributed by atoms with Gasteiger partial charge >= 0.3 is 0 Å². The number of fused-ring (bicyclic) bond motifs is 9. The van der Waals surface area contributed by atoms with Crippen LogP contribution < -0.4 is 30.9 Å². The first-order valence-electron chi connectivity index (χ1n) is 19.5. The van der Waals surface area contributed by atoms with Crippen molar-refractivity contribution in [1.29, 1.82) is 0 Å². The molecule has 57 heavy (non-hydrogen) atoms. The average molecular weight is 731 g/mol. The molecule has 10 aromatic rings. The third kappa shape index (κ3) is 4.58. The maximum Gasteiger partial charge on any atom is 0.256 e. The molecule has 0 aliphatic carbocycles. The molecule has 0 spiro atoms. The number of rotatable bonds is 6. The van der Waals surface area contributed by atoms with Crippen LogP contribution in [0.2, 0.25) is 0 Å². The third-order valence-electron chi connectivity index (χ3n) is 11.9. The van der Waals surface area contributed by atoms with Gasteiger partial charge in [-0.2, -0.15) is 0 Å². The fraction of sp³-hybridized carbons (Fsp3) is 0.0196. The summed E-state index contributed by atoms with van der Waals surface area (Å²) in [6, 6.07) is 69.6. The quantitative estimate of drug-likeness (QED) is 0.159. The lowest BCUT2D eigenvalue weighted by Crippen LogP contribution is -2.58. The Kier molecular flexibility index (Phi) is 6.87. The fourth-order valence-electron chi connectivity index (χ4n) is 9.61. The first-order chi connectivity index (χ1) is 28.2. The molecule has 0 bridgehead atoms. The van der Waals surface area contributed by atoms with Crippen LogP contribution in [0.1, 0.15) is 0 Å². The second kappa shape index (κ2) is 12.3. The molecule has 0 fully saturated rings. The Bertz CT molecular complexity index is 3100. The highest BCUT2D eigenvalue weighted by atomic mass is 16.5. The average Bonchev–Trinajstić information content (AvgIpc) is 3.78. The number of para-hydroxylation sites is 6. The SMILES string of the molecule is Cn1c2ccccc2c2c1c1c(N(c3ccccc3)c3ccccc3)ccc3c1n2-c1cc(N(c2ccccc2)c2ccccc2)cc2c1B3c1ccccc1O2. The van der Waals surface area contributed by atoms with E-state index >= 15 is 0 Å². The summed E-state index contributed by atoms with van der Waals surface area (Å²) in [5.74, 6) is 1.77. The van der Waals surface area contributed by atoms with Gasteiger partial charge in [0.2, 0.25) is 0 Å². The monoisotopic (exact) mass is 730 g/mol. The van der Waals surface area contributed by atoms with Crippen molar-refractivity contribution in [2.75, 3.05) is 9.80 Å². The van der Waals surface area contributed by atoms with Crippen LogP contribution >= 0.6 is 0 Å². The Morgan fingerprint density at radius 3 is 1.67 bits per heavy atom. The van der Waals surface area contributed by atoms with Crippen molar-refractivity contribution < 1.29 is 4.74 Å². The third-order valence-corrected chi connectivity index (χ3v) is 11.9. The first-order valence-corrected chi connectivity index (χ1v) is 19.5. The number of nitrogens with zero attached hydrogens (tertiary/aromatic N) is 4. The Hall–Kier alpha value is -7.44. The van der Waals surface area contributed by atoms with Crippen LogP contribution in [0.4, 0.5) is 34.1 Å². The molecule has 6 heteroatoms. The molecule has 2 aliphatic rings. The maximum atomic E-state index is 7.00. The minimum Gasteiger partial charge on any atom is -0.458 e. The molecule has 0 amide bonds. The number of anilines is 6. The minimum atomic E-state index is -0.0302. The largest absolute Gasteiger partial charge is 0.458 e. The van der Waals surface area contributed by atoms with E-state index in [-0.39, 0.29) is 6.71 Å². The van der Waals surface area contributed by atoms with Gasteiger partial charge < -0.3 is 23.7 Å². The van der Waals surface area contributed by atoms with E-state index in [2.05, 4.69) is 220 Å². The topological polar surface area (TPSA) is 25.6 Å². The molecule has 5 nitrogen and oxygen atoms in total. The molecular weight excluding hydrogens is 695 g/mol. The van der Waals surface area contributed by atoms with Gasteiger partial charge in [0.15, 0.2) is 0 Å². The van der Waals surface area contributed by atoms with Gasteiger partial charge in [0.05, 0.1) is 33.4 Å². The summed E-state index contributed by atoms with van der Waals surface area (Å²) in [6.07, 6.45) is 0. The van der Waals surface area contributed by atoms with Crippen LogP contribution in [0, 0.1) is 0 Å². The molecule has 0 atom stereocenters. The Balaban J connectivity index is 1.26. The van der Waals surface area contributed by atoms with Gasteiger partial charge in [-0.1, -0.05) is 115 Å². The van der Waals surface area contributed by atoms with Gasteiger partial charge in [0.25, 0.3) is 6.71 Å². The lowest BCUT2D eigenvalue weighted by molar-refractivity contribution is 0.487. The lowest BCUT2D eigenvalue weighted by atomic mass is 9.34. The highest BCUT2D eigenvalue weighted by molar-refractivity contribution is 6.99. The van der Waals surface area contributed by atoms with Gasteiger partial charge in [-0.05, 0) is 89.2 Å². The molecule has 0 N–H and O–H groups in total. The second-order valence-corrected chi connectivity index (χ2v) is 15.0. The van der Waals surface area contributed by atoms with Crippen LogP contribution in [0.15, 0.2) is 194 Å². The molecule has 268 valence electrons. The van der Waals surface area contributed by atoms with Crippen LogP contribution in [-0.4, -0.2) is 15.8 Å². The summed E-state index contributed by atoms with van der Waals surface area (Å²) < 4.78 is 12.0. The number of hydrogen-bond acceptors (Lipinski definition) is 3. The van der Waals surface area contributed by atoms with Crippen molar-refractivity contribution >= 4 is 90.1 Å². The van der Waals surface area contributed by atoms with Crippen molar-refractivity contribution in [3.05, 3.63) is 194 Å². The van der Waals surface area contributed by atoms with Gasteiger partial charge in [-0.3, -0.25) is 0 Å². The van der Waals surface area contributed by atoms with E-state index in [9.17, 15) is 0 Å². The van der Waals surface area contributed by atoms with E-state index in [0.29, 0.717) is 0 Å². The van der Waals surface area contributed by atoms with Crippen molar-refractivity contribution in [3.63, 3.8) is 0 Å². The zero-order chi connectivity index (χ0) is 37.6. The molecule has 8 aromatic carbocycles. The van der Waals surface area contributed by atoms with Crippen LogP contribution in [0.3, 0.4) is 0 Å². The highest BCUT2D eigenvalue weighted by Gasteiger charge is 2.42. The van der Waals surface area contributed by atoms with Crippen LogP contribution in [0.25, 0.3) is 38.5 Å². The molecule has 0 saturated carbocycles. The van der Waals surface area contributed by atoms with Crippen molar-refractivity contribution in [2.24, 2.45) is 7.05 Å².